The number of nitrogens with one attached hydrogen (secondary N) is 1. The van der Waals surface area contributed by atoms with Crippen LogP contribution in [0.4, 0.5) is 0 Å². The Kier molecular flexibility index (Phi) is 3.47. The average molecular weight is 176 g/mol. The van der Waals surface area contributed by atoms with Gasteiger partial charge in [-0.05, 0) is 13.0 Å². The summed E-state index contributed by atoms with van der Waals surface area (Å²) in [7, 11) is 0. The van der Waals surface area contributed by atoms with E-state index in [1.54, 1.807) is 0 Å². The molecule has 0 aliphatic heterocycles. The molecule has 0 saturated heterocycles. The zero-order chi connectivity index (χ0) is 9.02. The van der Waals surface area contributed by atoms with Gasteiger partial charge in [0.2, 0.25) is 0 Å². The molecule has 11 heavy (non-hydrogen) atoms. The van der Waals surface area contributed by atoms with Crippen LogP contribution in [0.25, 0.3) is 0 Å². The topological polar surface area (TPSA) is 96.1 Å². The number of aliphatic hydroxyl groups excluding tert-OH is 1. The zero-order valence-corrected chi connectivity index (χ0v) is 6.81. The second-order valence-electron chi connectivity index (χ2n) is 1.94. The van der Waals surface area contributed by atoms with Gasteiger partial charge in [-0.1, -0.05) is 11.6 Å². The molecule has 0 rings (SSSR count). The maximum absolute atomic E-state index is 8.93. The van der Waals surface area contributed by atoms with Gasteiger partial charge in [0.15, 0.2) is 0 Å². The van der Waals surface area contributed by atoms with E-state index in [1.165, 1.54) is 13.0 Å². The standard InChI is InChI=1S/C6H10ClN3O/c1-3(11)4(6(9)10)2-5(7)8/h2,11H,8H2,1H3,(H3,9,10)/b4-3?,5-2-. The van der Waals surface area contributed by atoms with E-state index in [9.17, 15) is 0 Å². The predicted molar refractivity (Wildman–Crippen MR) is 45.4 cm³/mol. The van der Waals surface area contributed by atoms with Gasteiger partial charge >= 0.3 is 0 Å². The van der Waals surface area contributed by atoms with Crippen molar-refractivity contribution in [1.29, 1.82) is 5.41 Å². The Morgan fingerprint density at radius 1 is 1.55 bits per heavy atom. The van der Waals surface area contributed by atoms with Crippen LogP contribution in [0.3, 0.4) is 0 Å². The first-order valence-corrected chi connectivity index (χ1v) is 3.20. The van der Waals surface area contributed by atoms with Gasteiger partial charge in [-0.2, -0.15) is 0 Å². The smallest absolute Gasteiger partial charge is 0.126 e. The molecule has 0 saturated carbocycles. The van der Waals surface area contributed by atoms with E-state index in [0.717, 1.165) is 0 Å². The van der Waals surface area contributed by atoms with Gasteiger partial charge in [0.05, 0.1) is 10.7 Å². The van der Waals surface area contributed by atoms with Gasteiger partial charge in [0.25, 0.3) is 0 Å². The van der Waals surface area contributed by atoms with Crippen molar-refractivity contribution in [3.63, 3.8) is 0 Å². The quantitative estimate of drug-likeness (QED) is 0.164. The molecule has 5 heteroatoms. The molecule has 0 aromatic carbocycles. The first-order chi connectivity index (χ1) is 4.95. The van der Waals surface area contributed by atoms with Gasteiger partial charge in [0.1, 0.15) is 11.6 Å². The molecule has 0 fully saturated rings. The third-order valence-corrected chi connectivity index (χ3v) is 1.07. The maximum Gasteiger partial charge on any atom is 0.126 e. The molecule has 6 N–H and O–H groups in total. The molecular formula is C6H10ClN3O. The average Bonchev–Trinajstić information content (AvgIpc) is 1.81. The number of rotatable bonds is 2. The van der Waals surface area contributed by atoms with Crippen molar-refractivity contribution < 1.29 is 5.11 Å². The summed E-state index contributed by atoms with van der Waals surface area (Å²) in [5.74, 6) is -0.352. The molecule has 0 atom stereocenters. The Morgan fingerprint density at radius 3 is 2.09 bits per heavy atom. The molecule has 0 unspecified atom stereocenters. The molecule has 0 spiro atoms. The second-order valence-corrected chi connectivity index (χ2v) is 2.38. The van der Waals surface area contributed by atoms with Gasteiger partial charge in [-0.25, -0.2) is 0 Å². The van der Waals surface area contributed by atoms with Crippen LogP contribution in [0.2, 0.25) is 0 Å². The van der Waals surface area contributed by atoms with Crippen LogP contribution in [0, 0.1) is 5.41 Å². The van der Waals surface area contributed by atoms with E-state index in [0.29, 0.717) is 0 Å². The molecule has 0 heterocycles. The van der Waals surface area contributed by atoms with Gasteiger partial charge in [-0.3, -0.25) is 5.41 Å². The number of nitrogens with two attached hydrogens (primary N) is 2. The third kappa shape index (κ3) is 3.52. The van der Waals surface area contributed by atoms with Gasteiger partial charge in [-0.15, -0.1) is 0 Å². The molecule has 62 valence electrons. The molecule has 0 aromatic heterocycles. The van der Waals surface area contributed by atoms with E-state index < -0.39 is 0 Å². The number of halogens is 1. The van der Waals surface area contributed by atoms with E-state index in [2.05, 4.69) is 0 Å². The Labute approximate surface area is 69.6 Å². The largest absolute Gasteiger partial charge is 0.512 e. The summed E-state index contributed by atoms with van der Waals surface area (Å²) in [6.45, 7) is 1.40. The lowest BCUT2D eigenvalue weighted by atomic mass is 10.2. The predicted octanol–water partition coefficient (Wildman–Crippen LogP) is 0.793. The lowest BCUT2D eigenvalue weighted by molar-refractivity contribution is 0.412. The fraction of sp³-hybridized carbons (Fsp3) is 0.167. The van der Waals surface area contributed by atoms with Crippen LogP contribution in [0.5, 0.6) is 0 Å². The molecule has 0 aromatic rings. The minimum Gasteiger partial charge on any atom is -0.512 e. The number of allylic oxidation sites excluding steroid dienone is 1. The van der Waals surface area contributed by atoms with Crippen LogP contribution >= 0.6 is 11.6 Å². The van der Waals surface area contributed by atoms with E-state index >= 15 is 0 Å². The highest BCUT2D eigenvalue weighted by atomic mass is 35.5. The van der Waals surface area contributed by atoms with Crippen molar-refractivity contribution in [3.8, 4) is 0 Å². The summed E-state index contributed by atoms with van der Waals surface area (Å²) < 4.78 is 0. The Bertz CT molecular complexity index is 224. The minimum atomic E-state index is -0.270. The van der Waals surface area contributed by atoms with Crippen LogP contribution in [0.1, 0.15) is 6.92 Å². The van der Waals surface area contributed by atoms with Crippen molar-refractivity contribution >= 4 is 17.4 Å². The van der Waals surface area contributed by atoms with Crippen LogP contribution in [-0.4, -0.2) is 10.9 Å². The molecule has 0 aliphatic rings. The van der Waals surface area contributed by atoms with Gasteiger partial charge in [0, 0.05) is 0 Å². The Morgan fingerprint density at radius 2 is 2.00 bits per heavy atom. The summed E-state index contributed by atoms with van der Waals surface area (Å²) in [5.41, 5.74) is 10.3. The van der Waals surface area contributed by atoms with Gasteiger partial charge < -0.3 is 16.6 Å². The second kappa shape index (κ2) is 3.88. The number of hydrogen-bond donors (Lipinski definition) is 4. The molecule has 4 nitrogen and oxygen atoms in total. The fourth-order valence-corrected chi connectivity index (χ4v) is 0.624. The summed E-state index contributed by atoms with van der Waals surface area (Å²) in [4.78, 5) is 0. The Hall–Kier alpha value is -1.16. The lowest BCUT2D eigenvalue weighted by Crippen LogP contribution is -2.13. The SMILES string of the molecule is CC(O)=C(/C=C(\N)Cl)C(=N)N. The first kappa shape index (κ1) is 9.84. The minimum absolute atomic E-state index is 0.0244. The summed E-state index contributed by atoms with van der Waals surface area (Å²) in [6, 6.07) is 0. The lowest BCUT2D eigenvalue weighted by Gasteiger charge is -2.00. The highest BCUT2D eigenvalue weighted by Gasteiger charge is 2.01. The van der Waals surface area contributed by atoms with Crippen LogP contribution in [-0.2, 0) is 0 Å². The highest BCUT2D eigenvalue weighted by molar-refractivity contribution is 6.29. The van der Waals surface area contributed by atoms with Crippen molar-refractivity contribution in [2.24, 2.45) is 11.5 Å². The first-order valence-electron chi connectivity index (χ1n) is 2.82. The summed E-state index contributed by atoms with van der Waals surface area (Å²) in [5, 5.41) is 15.9. The summed E-state index contributed by atoms with van der Waals surface area (Å²) in [6.07, 6.45) is 1.22. The molecular weight excluding hydrogens is 166 g/mol. The van der Waals surface area contributed by atoms with Crippen LogP contribution < -0.4 is 11.5 Å². The normalized spacial score (nSPS) is 14.2. The fourth-order valence-electron chi connectivity index (χ4n) is 0.515. The van der Waals surface area contributed by atoms with E-state index in [-0.39, 0.29) is 22.3 Å². The number of amidine groups is 1. The number of aliphatic hydroxyl groups is 1. The van der Waals surface area contributed by atoms with Crippen molar-refractivity contribution in [1.82, 2.24) is 0 Å². The monoisotopic (exact) mass is 175 g/mol. The van der Waals surface area contributed by atoms with Crippen molar-refractivity contribution in [3.05, 3.63) is 22.6 Å². The molecule has 0 amide bonds. The molecule has 0 radical (unpaired) electrons. The van der Waals surface area contributed by atoms with Crippen molar-refractivity contribution in [2.75, 3.05) is 0 Å². The van der Waals surface area contributed by atoms with E-state index in [4.69, 9.17) is 33.6 Å². The molecule has 0 bridgehead atoms. The maximum atomic E-state index is 8.93. The zero-order valence-electron chi connectivity index (χ0n) is 6.06. The van der Waals surface area contributed by atoms with Crippen LogP contribution in [0.15, 0.2) is 22.6 Å². The summed E-state index contributed by atoms with van der Waals surface area (Å²) >= 11 is 5.30. The molecule has 0 aliphatic carbocycles. The van der Waals surface area contributed by atoms with E-state index in [1.807, 2.05) is 0 Å². The Balaban J connectivity index is 4.81. The third-order valence-electron chi connectivity index (χ3n) is 0.962. The highest BCUT2D eigenvalue weighted by Crippen LogP contribution is 2.05. The van der Waals surface area contributed by atoms with Crippen molar-refractivity contribution in [2.45, 2.75) is 6.92 Å². The number of hydrogen-bond acceptors (Lipinski definition) is 3.